The number of hydrogen-bond donors (Lipinski definition) is 1. The van der Waals surface area contributed by atoms with Crippen LogP contribution in [0.5, 0.6) is 0 Å². The van der Waals surface area contributed by atoms with Crippen LogP contribution in [0.4, 0.5) is 11.5 Å². The molecule has 4 heteroatoms. The van der Waals surface area contributed by atoms with Gasteiger partial charge in [0, 0.05) is 24.8 Å². The Labute approximate surface area is 93.4 Å². The number of anilines is 2. The zero-order valence-corrected chi connectivity index (χ0v) is 10.6. The molecule has 0 saturated carbocycles. The molecule has 0 aliphatic heterocycles. The first-order chi connectivity index (χ1) is 6.32. The summed E-state index contributed by atoms with van der Waals surface area (Å²) < 4.78 is 0.962. The largest absolute Gasteiger partial charge is 0.384 e. The van der Waals surface area contributed by atoms with E-state index in [2.05, 4.69) is 46.6 Å². The molecule has 2 N–H and O–H groups in total. The fourth-order valence-corrected chi connectivity index (χ4v) is 1.54. The third-order valence-electron chi connectivity index (χ3n) is 2.22. The molecule has 0 bridgehead atoms. The number of nitrogens with two attached hydrogens (primary N) is 1. The summed E-state index contributed by atoms with van der Waals surface area (Å²) in [6.07, 6.45) is 1.73. The van der Waals surface area contributed by atoms with Gasteiger partial charge in [0.05, 0.1) is 10.2 Å². The van der Waals surface area contributed by atoms with Crippen LogP contribution in [-0.4, -0.2) is 17.6 Å². The van der Waals surface area contributed by atoms with E-state index in [1.54, 1.807) is 6.20 Å². The third-order valence-corrected chi connectivity index (χ3v) is 2.83. The number of aromatic nitrogens is 1. The second-order valence-corrected chi connectivity index (χ2v) is 5.14. The molecular formula is C10H16BrN3. The van der Waals surface area contributed by atoms with Crippen molar-refractivity contribution >= 4 is 27.4 Å². The van der Waals surface area contributed by atoms with Crippen LogP contribution in [0.3, 0.4) is 0 Å². The van der Waals surface area contributed by atoms with E-state index in [4.69, 9.17) is 5.73 Å². The van der Waals surface area contributed by atoms with Gasteiger partial charge in [-0.3, -0.25) is 0 Å². The Hall–Kier alpha value is -0.770. The van der Waals surface area contributed by atoms with E-state index in [9.17, 15) is 0 Å². The molecule has 0 fully saturated rings. The highest BCUT2D eigenvalue weighted by atomic mass is 79.9. The van der Waals surface area contributed by atoms with Gasteiger partial charge in [-0.15, -0.1) is 0 Å². The van der Waals surface area contributed by atoms with Gasteiger partial charge in [0.2, 0.25) is 0 Å². The molecule has 14 heavy (non-hydrogen) atoms. The number of nitrogens with zero attached hydrogens (tertiary/aromatic N) is 2. The fourth-order valence-electron chi connectivity index (χ4n) is 1.06. The maximum absolute atomic E-state index is 5.65. The molecule has 0 aromatic carbocycles. The van der Waals surface area contributed by atoms with Gasteiger partial charge < -0.3 is 10.6 Å². The summed E-state index contributed by atoms with van der Waals surface area (Å²) in [5, 5.41) is 0. The van der Waals surface area contributed by atoms with E-state index in [1.165, 1.54) is 0 Å². The molecule has 0 atom stereocenters. The summed E-state index contributed by atoms with van der Waals surface area (Å²) in [6.45, 7) is 6.45. The fraction of sp³-hybridized carbons (Fsp3) is 0.500. The summed E-state index contributed by atoms with van der Waals surface area (Å²) in [6, 6.07) is 1.87. The van der Waals surface area contributed by atoms with Crippen LogP contribution >= 0.6 is 15.9 Å². The first-order valence-electron chi connectivity index (χ1n) is 4.47. The van der Waals surface area contributed by atoms with E-state index in [0.717, 1.165) is 10.2 Å². The Balaban J connectivity index is 3.12. The van der Waals surface area contributed by atoms with Crippen LogP contribution in [-0.2, 0) is 0 Å². The molecule has 0 aliphatic rings. The SMILES string of the molecule is CN(c1cc(N)ncc1Br)C(C)(C)C. The molecule has 0 radical (unpaired) electrons. The molecule has 0 amide bonds. The van der Waals surface area contributed by atoms with Crippen molar-refractivity contribution in [2.75, 3.05) is 17.7 Å². The van der Waals surface area contributed by atoms with Gasteiger partial charge in [0.25, 0.3) is 0 Å². The molecule has 0 aliphatic carbocycles. The summed E-state index contributed by atoms with van der Waals surface area (Å²) >= 11 is 3.46. The zero-order chi connectivity index (χ0) is 10.9. The monoisotopic (exact) mass is 257 g/mol. The van der Waals surface area contributed by atoms with Crippen LogP contribution in [0.15, 0.2) is 16.7 Å². The third kappa shape index (κ3) is 2.38. The molecule has 0 spiro atoms. The highest BCUT2D eigenvalue weighted by Gasteiger charge is 2.19. The maximum atomic E-state index is 5.65. The zero-order valence-electron chi connectivity index (χ0n) is 9.00. The normalized spacial score (nSPS) is 11.5. The Kier molecular flexibility index (Phi) is 3.04. The van der Waals surface area contributed by atoms with Crippen LogP contribution in [0, 0.1) is 0 Å². The maximum Gasteiger partial charge on any atom is 0.125 e. The Morgan fingerprint density at radius 3 is 2.50 bits per heavy atom. The summed E-state index contributed by atoms with van der Waals surface area (Å²) in [5.74, 6) is 0.541. The van der Waals surface area contributed by atoms with Gasteiger partial charge >= 0.3 is 0 Å². The quantitative estimate of drug-likeness (QED) is 0.842. The molecule has 3 nitrogen and oxygen atoms in total. The molecule has 1 rings (SSSR count). The summed E-state index contributed by atoms with van der Waals surface area (Å²) in [5.41, 5.74) is 6.78. The predicted molar refractivity (Wildman–Crippen MR) is 64.5 cm³/mol. The Bertz CT molecular complexity index is 331. The Morgan fingerprint density at radius 1 is 1.43 bits per heavy atom. The first-order valence-corrected chi connectivity index (χ1v) is 5.26. The van der Waals surface area contributed by atoms with Crippen molar-refractivity contribution in [3.8, 4) is 0 Å². The molecule has 0 saturated heterocycles. The lowest BCUT2D eigenvalue weighted by molar-refractivity contribution is 0.538. The molecule has 1 aromatic heterocycles. The number of rotatable bonds is 1. The summed E-state index contributed by atoms with van der Waals surface area (Å²) in [7, 11) is 2.04. The lowest BCUT2D eigenvalue weighted by atomic mass is 10.1. The van der Waals surface area contributed by atoms with E-state index in [-0.39, 0.29) is 5.54 Å². The second-order valence-electron chi connectivity index (χ2n) is 4.29. The van der Waals surface area contributed by atoms with Gasteiger partial charge in [0.15, 0.2) is 0 Å². The van der Waals surface area contributed by atoms with Crippen molar-refractivity contribution in [3.63, 3.8) is 0 Å². The summed E-state index contributed by atoms with van der Waals surface area (Å²) in [4.78, 5) is 6.17. The average Bonchev–Trinajstić information content (AvgIpc) is 2.06. The van der Waals surface area contributed by atoms with E-state index < -0.39 is 0 Å². The van der Waals surface area contributed by atoms with Gasteiger partial charge in [-0.05, 0) is 36.7 Å². The minimum absolute atomic E-state index is 0.0658. The van der Waals surface area contributed by atoms with Crippen LogP contribution in [0.1, 0.15) is 20.8 Å². The van der Waals surface area contributed by atoms with Crippen molar-refractivity contribution < 1.29 is 0 Å². The average molecular weight is 258 g/mol. The van der Waals surface area contributed by atoms with Crippen molar-refractivity contribution in [2.24, 2.45) is 0 Å². The second kappa shape index (κ2) is 3.77. The number of pyridine rings is 1. The van der Waals surface area contributed by atoms with Crippen molar-refractivity contribution in [2.45, 2.75) is 26.3 Å². The van der Waals surface area contributed by atoms with E-state index in [1.807, 2.05) is 13.1 Å². The smallest absolute Gasteiger partial charge is 0.125 e. The highest BCUT2D eigenvalue weighted by Crippen LogP contribution is 2.30. The topological polar surface area (TPSA) is 42.1 Å². The van der Waals surface area contributed by atoms with E-state index >= 15 is 0 Å². The lowest BCUT2D eigenvalue weighted by Gasteiger charge is -2.34. The van der Waals surface area contributed by atoms with Gasteiger partial charge in [-0.25, -0.2) is 4.98 Å². The minimum Gasteiger partial charge on any atom is -0.384 e. The molecule has 78 valence electrons. The highest BCUT2D eigenvalue weighted by molar-refractivity contribution is 9.10. The molecular weight excluding hydrogens is 242 g/mol. The lowest BCUT2D eigenvalue weighted by Crippen LogP contribution is -2.38. The first kappa shape index (κ1) is 11.3. The molecule has 1 heterocycles. The molecule has 0 unspecified atom stereocenters. The van der Waals surface area contributed by atoms with E-state index in [0.29, 0.717) is 5.82 Å². The molecule has 1 aromatic rings. The Morgan fingerprint density at radius 2 is 2.00 bits per heavy atom. The predicted octanol–water partition coefficient (Wildman–Crippen LogP) is 2.66. The van der Waals surface area contributed by atoms with Crippen molar-refractivity contribution in [1.82, 2.24) is 4.98 Å². The van der Waals surface area contributed by atoms with Crippen molar-refractivity contribution in [1.29, 1.82) is 0 Å². The van der Waals surface area contributed by atoms with Gasteiger partial charge in [-0.2, -0.15) is 0 Å². The van der Waals surface area contributed by atoms with Crippen LogP contribution in [0.25, 0.3) is 0 Å². The van der Waals surface area contributed by atoms with Crippen LogP contribution in [0.2, 0.25) is 0 Å². The standard InChI is InChI=1S/C10H16BrN3/c1-10(2,3)14(4)8-5-9(12)13-6-7(8)11/h5-6H,1-4H3,(H2,12,13). The minimum atomic E-state index is 0.0658. The van der Waals surface area contributed by atoms with Crippen LogP contribution < -0.4 is 10.6 Å². The van der Waals surface area contributed by atoms with Gasteiger partial charge in [-0.1, -0.05) is 0 Å². The number of halogens is 1. The van der Waals surface area contributed by atoms with Gasteiger partial charge in [0.1, 0.15) is 5.82 Å². The van der Waals surface area contributed by atoms with Crippen molar-refractivity contribution in [3.05, 3.63) is 16.7 Å². The number of nitrogen functional groups attached to an aromatic ring is 1. The number of hydrogen-bond acceptors (Lipinski definition) is 3.